The van der Waals surface area contributed by atoms with Crippen LogP contribution in [-0.2, 0) is 108 Å². The maximum absolute atomic E-state index is 11.9. The van der Waals surface area contributed by atoms with E-state index in [1.54, 1.807) is 41.5 Å². The molecule has 10 saturated heterocycles. The minimum Gasteiger partial charge on any atom is -0.510 e. The van der Waals surface area contributed by atoms with Crippen molar-refractivity contribution in [3.63, 3.8) is 0 Å². The van der Waals surface area contributed by atoms with Crippen molar-refractivity contribution in [2.24, 2.45) is 69.0 Å². The number of hydrogen-bond donors (Lipinski definition) is 3. The normalized spacial score (nSPS) is 37.7. The lowest BCUT2D eigenvalue weighted by atomic mass is 9.41. The molecular formula is C104H184B8O26. The Kier molecular flexibility index (Phi) is 31.4. The Balaban J connectivity index is 0.000000151. The number of carbonyl (C=O) groups excluding carboxylic acids is 3. The minimum atomic E-state index is -1.68. The lowest BCUT2D eigenvalue weighted by molar-refractivity contribution is -0.235. The Morgan fingerprint density at radius 3 is 0.935 bits per heavy atom. The summed E-state index contributed by atoms with van der Waals surface area (Å²) < 4.78 is 108. The fourth-order valence-corrected chi connectivity index (χ4v) is 25.7. The summed E-state index contributed by atoms with van der Waals surface area (Å²) in [4.78, 5) is 56.3. The molecule has 10 heterocycles. The van der Waals surface area contributed by atoms with Crippen LogP contribution in [0.3, 0.4) is 0 Å². The molecule has 12 saturated carbocycles. The van der Waals surface area contributed by atoms with E-state index in [2.05, 4.69) is 256 Å². The van der Waals surface area contributed by atoms with E-state index in [1.165, 1.54) is 45.4 Å². The van der Waals surface area contributed by atoms with Crippen molar-refractivity contribution in [1.29, 1.82) is 0 Å². The highest BCUT2D eigenvalue weighted by Crippen LogP contribution is 2.74. The number of ketones is 1. The van der Waals surface area contributed by atoms with Gasteiger partial charge in [0.15, 0.2) is 5.60 Å². The maximum atomic E-state index is 11.9. The highest BCUT2D eigenvalue weighted by molar-refractivity contribution is 6.54. The van der Waals surface area contributed by atoms with Gasteiger partial charge in [-0.25, -0.2) is 0 Å². The predicted molar refractivity (Wildman–Crippen MR) is 544 cm³/mol. The second kappa shape index (κ2) is 37.6. The molecule has 10 aliphatic heterocycles. The van der Waals surface area contributed by atoms with Crippen LogP contribution in [0.4, 0.5) is 0 Å². The topological polar surface area (TPSA) is 312 Å². The van der Waals surface area contributed by atoms with Crippen molar-refractivity contribution in [2.45, 2.75) is 522 Å². The molecule has 0 radical (unpaired) electrons. The molecule has 34 heteroatoms. The standard InChI is InChI=1S/2C15H27BO2.C14H25BO4.2C14H25BO2.2C11H17BO6.C10H21BO2/c2*1-12(2,3)16-17-14(6)9-10-8-11(13(10,4)5)15(14,7)18-16;1-12(2,3)15-18-13(4-8-16-9-5-13)14(19-15)6-10-17-11-7-14;2*1-12(2,3)15-16-11-8-9-7-10(13(9,4)5)14(11,6)17-15;1-7(13)11(5-8(14)15)6-9(16)17-12(18-11)10(2,3)4;1-7(13)5-11(6-8(14)15)9(16)17-12(18-11)10(2,3)4;1-8(2,3)11-12-9(4,5)10(6,7)13-11/h2*10-11H,8-9H2,1-7H3;4-11H2,1-3H3;2*9-11H,7-8H2,1-6H3;13H,1,5-6H2,2-4H3,(H,14,15);5-6H2,1-4H3,(H,14,15);1-7H3/t2*10-,11-,14+,15-;;2*9-,10-,11+,14-;;;/m10.10.../s1. The molecule has 3 N–H and O–H groups in total. The van der Waals surface area contributed by atoms with Crippen LogP contribution in [0.5, 0.6) is 0 Å². The summed E-state index contributed by atoms with van der Waals surface area (Å²) in [6.07, 6.45) is 12.6. The lowest BCUT2D eigenvalue weighted by Gasteiger charge is -2.67. The Morgan fingerprint density at radius 2 is 0.652 bits per heavy atom. The minimum absolute atomic E-state index is 0.00705. The number of carboxylic acid groups (broad SMARTS) is 2. The number of carbonyl (C=O) groups is 5. The van der Waals surface area contributed by atoms with Crippen molar-refractivity contribution >= 4 is 86.6 Å². The molecule has 0 aromatic heterocycles. The number of aliphatic hydroxyl groups excluding tert-OH is 1. The quantitative estimate of drug-likeness (QED) is 0.157. The van der Waals surface area contributed by atoms with Crippen LogP contribution >= 0.6 is 0 Å². The Hall–Kier alpha value is -3.03. The number of aliphatic hydroxyl groups is 1. The Labute approximate surface area is 835 Å². The summed E-state index contributed by atoms with van der Waals surface area (Å²) in [7, 11) is -2.20. The van der Waals surface area contributed by atoms with Crippen molar-refractivity contribution < 1.29 is 123 Å². The van der Waals surface area contributed by atoms with Gasteiger partial charge in [0.05, 0.1) is 87.5 Å². The molecule has 0 amide bonds. The average Bonchev–Trinajstić information content (AvgIpc) is 1.46. The molecular weight excluding hydrogens is 1750 g/mol. The van der Waals surface area contributed by atoms with Crippen LogP contribution in [0.15, 0.2) is 12.3 Å². The van der Waals surface area contributed by atoms with Crippen molar-refractivity contribution in [3.05, 3.63) is 12.3 Å². The van der Waals surface area contributed by atoms with E-state index in [-0.39, 0.29) is 149 Å². The summed E-state index contributed by atoms with van der Waals surface area (Å²) in [5.41, 5.74) is -2.77. The molecule has 26 nitrogen and oxygen atoms in total. The third-order valence-electron chi connectivity index (χ3n) is 36.8. The Bertz CT molecular complexity index is 4170. The molecule has 22 aliphatic rings. The maximum Gasteiger partial charge on any atom is 0.533 e. The summed E-state index contributed by atoms with van der Waals surface area (Å²) in [5.74, 6) is 1.34. The van der Waals surface area contributed by atoms with E-state index in [1.807, 2.05) is 0 Å². The third-order valence-corrected chi connectivity index (χ3v) is 36.8. The van der Waals surface area contributed by atoms with Gasteiger partial charge in [-0.1, -0.05) is 228 Å². The van der Waals surface area contributed by atoms with E-state index < -0.39 is 78.5 Å². The third kappa shape index (κ3) is 21.7. The van der Waals surface area contributed by atoms with Crippen LogP contribution in [0.25, 0.3) is 0 Å². The van der Waals surface area contributed by atoms with Crippen LogP contribution < -0.4 is 0 Å². The number of aliphatic carboxylic acids is 2. The monoisotopic (exact) mass is 1940 g/mol. The molecule has 138 heavy (non-hydrogen) atoms. The number of carboxylic acids is 2. The number of Topliss-reactive ketones (excluding diaryl/α,β-unsaturated/α-hetero) is 1. The first-order valence-electron chi connectivity index (χ1n) is 52.3. The van der Waals surface area contributed by atoms with Gasteiger partial charge in [0.2, 0.25) is 0 Å². The molecule has 2 spiro atoms. The number of fused-ring (bicyclic) bond motifs is 1. The van der Waals surface area contributed by atoms with Crippen molar-refractivity contribution in [1.82, 2.24) is 0 Å². The van der Waals surface area contributed by atoms with Crippen molar-refractivity contribution in [2.75, 3.05) is 26.4 Å². The number of rotatable bonds is 7. The highest BCUT2D eigenvalue weighted by atomic mass is 16.7. The zero-order chi connectivity index (χ0) is 105. The van der Waals surface area contributed by atoms with Gasteiger partial charge in [-0.2, -0.15) is 0 Å². The van der Waals surface area contributed by atoms with E-state index in [0.29, 0.717) is 57.5 Å². The molecule has 12 aliphatic carbocycles. The molecule has 0 aromatic carbocycles. The van der Waals surface area contributed by atoms with Gasteiger partial charge >= 0.3 is 74.9 Å². The zero-order valence-electron chi connectivity index (χ0n) is 94.0. The molecule has 780 valence electrons. The van der Waals surface area contributed by atoms with Crippen molar-refractivity contribution in [3.8, 4) is 0 Å². The van der Waals surface area contributed by atoms with Gasteiger partial charge in [0, 0.05) is 69.2 Å². The molecule has 22 fully saturated rings. The van der Waals surface area contributed by atoms with Gasteiger partial charge in [-0.15, -0.1) is 0 Å². The highest BCUT2D eigenvalue weighted by Gasteiger charge is 2.77. The second-order valence-corrected chi connectivity index (χ2v) is 58.2. The second-order valence-electron chi connectivity index (χ2n) is 58.2. The summed E-state index contributed by atoms with van der Waals surface area (Å²) in [6.45, 7) is 99.1. The molecule has 18 atom stereocenters. The average molecular weight is 1940 g/mol. The van der Waals surface area contributed by atoms with Gasteiger partial charge in [-0.3, -0.25) is 24.0 Å². The van der Waals surface area contributed by atoms with Gasteiger partial charge in [-0.05, 0) is 228 Å². The largest absolute Gasteiger partial charge is 0.533 e. The SMILES string of the molecule is C=C(O)C1(CC(=O)O)CC(=O)OB(C(C)(C)C)O1.CC(=O)CC1(CC(=O)O)OB(C(C)(C)C)OC1=O.CC(C)(C)B1OC(C)(C)C(C)(C)O1.CC(C)(C)B1OC2(CCOCC2)C2(CCOCC2)O1.CC(C)(C)B1O[C@@H]2C[C@@H]3C[C@@H](C3(C)C)[C@]2(C)O1.CC(C)(C)B1O[C@@]2(C)C[C@H]3C[C@H](C3(C)C)[C@@]2(C)O1.CC(C)(C)B1O[C@H]2C[C@H]3C[C@H](C3(C)C)[C@@]2(C)O1.CC(C)(C)B1O[C@]2(C)C[C@@H]3C[C@@H](C3(C)C)[C@]2(C)O1. The first kappa shape index (κ1) is 115. The van der Waals surface area contributed by atoms with E-state index in [0.717, 1.165) is 88.6 Å². The molecule has 8 bridgehead atoms. The fraction of sp³-hybridized carbons (Fsp3) is 0.933. The van der Waals surface area contributed by atoms with E-state index >= 15 is 0 Å². The van der Waals surface area contributed by atoms with Gasteiger partial charge in [0.1, 0.15) is 17.1 Å². The number of ether oxygens (including phenoxy) is 2. The fourth-order valence-electron chi connectivity index (χ4n) is 25.7. The predicted octanol–water partition coefficient (Wildman–Crippen LogP) is 22.7. The van der Waals surface area contributed by atoms with E-state index in [9.17, 15) is 29.1 Å². The number of hydrogen-bond acceptors (Lipinski definition) is 24. The smallest absolute Gasteiger partial charge is 0.510 e. The Morgan fingerprint density at radius 1 is 0.348 bits per heavy atom. The molecule has 0 aromatic rings. The zero-order valence-corrected chi connectivity index (χ0v) is 94.0. The van der Waals surface area contributed by atoms with E-state index in [4.69, 9.17) is 94.2 Å². The summed E-state index contributed by atoms with van der Waals surface area (Å²) >= 11 is 0. The van der Waals surface area contributed by atoms with Gasteiger partial charge in [0.25, 0.3) is 5.97 Å². The first-order valence-corrected chi connectivity index (χ1v) is 52.3. The molecule has 22 rings (SSSR count). The van der Waals surface area contributed by atoms with Crippen LogP contribution in [-0.4, -0.2) is 208 Å². The molecule has 2 unspecified atom stereocenters. The first-order chi connectivity index (χ1) is 62.0. The van der Waals surface area contributed by atoms with Crippen LogP contribution in [0.1, 0.15) is 400 Å². The van der Waals surface area contributed by atoms with Crippen LogP contribution in [0.2, 0.25) is 42.5 Å². The summed E-state index contributed by atoms with van der Waals surface area (Å²) in [6, 6.07) is 0. The summed E-state index contributed by atoms with van der Waals surface area (Å²) in [5, 5.41) is 26.6. The lowest BCUT2D eigenvalue weighted by Crippen LogP contribution is -2.70. The van der Waals surface area contributed by atoms with Crippen LogP contribution in [0, 0.1) is 69.0 Å². The van der Waals surface area contributed by atoms with Gasteiger partial charge < -0.3 is 99.3 Å².